The second kappa shape index (κ2) is 18.4. The fraction of sp³-hybridized carbons (Fsp3) is 0. The molecule has 0 aliphatic heterocycles. The molecule has 0 amide bonds. The van der Waals surface area contributed by atoms with Crippen molar-refractivity contribution >= 4 is 34.9 Å². The highest BCUT2D eigenvalue weighted by Gasteiger charge is 2.16. The Bertz CT molecular complexity index is 2140. The van der Waals surface area contributed by atoms with E-state index >= 15 is 0 Å². The molecule has 0 aliphatic carbocycles. The second-order valence-electron chi connectivity index (χ2n) is 10.7. The van der Waals surface area contributed by atoms with Crippen LogP contribution in [-0.4, -0.2) is 49.4 Å². The summed E-state index contributed by atoms with van der Waals surface area (Å²) in [5.41, 5.74) is 13.9. The highest BCUT2D eigenvalue weighted by molar-refractivity contribution is 6.11. The number of carbonyl (C=O) groups excluding carboxylic acids is 3. The standard InChI is InChI=1S/C20H15NO4.C13H10O3.C7H7NO2.H2O/c21-15-8-6-14(7-9-15)20(24)25-16-10-11-17(18(22)12-16)19(23)13-4-2-1-3-5-13;14-10-6-7-11(12(15)8-10)13(16)9-4-2-1-3-5-9;8-6-3-1-5(2-4-6)7(9)10;/h1-12,22H,21H2;1-8,14-15H;1-4H,8H2,(H,9,10);1H2. The average molecular weight is 703 g/mol. The van der Waals surface area contributed by atoms with Crippen molar-refractivity contribution in [2.75, 3.05) is 11.5 Å². The molecule has 0 fully saturated rings. The summed E-state index contributed by atoms with van der Waals surface area (Å²) in [6.45, 7) is 0. The number of carboxylic acids is 1. The highest BCUT2D eigenvalue weighted by Crippen LogP contribution is 2.27. The first kappa shape index (κ1) is 39.0. The number of hydrogen-bond donors (Lipinski definition) is 6. The van der Waals surface area contributed by atoms with Crippen LogP contribution in [0, 0.1) is 0 Å². The summed E-state index contributed by atoms with van der Waals surface area (Å²) in [5, 5.41) is 37.2. The molecular weight excluding hydrogens is 668 g/mol. The van der Waals surface area contributed by atoms with Crippen molar-refractivity contribution in [1.29, 1.82) is 0 Å². The van der Waals surface area contributed by atoms with Gasteiger partial charge in [0.25, 0.3) is 0 Å². The molecule has 0 aromatic heterocycles. The monoisotopic (exact) mass is 702 g/mol. The number of rotatable bonds is 7. The molecule has 52 heavy (non-hydrogen) atoms. The van der Waals surface area contributed by atoms with Crippen LogP contribution >= 0.6 is 0 Å². The Morgan fingerprint density at radius 1 is 0.481 bits per heavy atom. The predicted octanol–water partition coefficient (Wildman–Crippen LogP) is 5.90. The molecule has 6 rings (SSSR count). The molecule has 0 bridgehead atoms. The number of nitrogen functional groups attached to an aromatic ring is 2. The number of anilines is 2. The third kappa shape index (κ3) is 10.8. The summed E-state index contributed by atoms with van der Waals surface area (Å²) in [5.74, 6) is -2.48. The van der Waals surface area contributed by atoms with Crippen LogP contribution < -0.4 is 16.2 Å². The number of nitrogens with two attached hydrogens (primary N) is 2. The third-order valence-corrected chi connectivity index (χ3v) is 7.03. The predicted molar refractivity (Wildman–Crippen MR) is 195 cm³/mol. The van der Waals surface area contributed by atoms with Crippen molar-refractivity contribution in [3.05, 3.63) is 179 Å². The van der Waals surface area contributed by atoms with E-state index in [1.54, 1.807) is 91.0 Å². The number of hydrogen-bond acceptors (Lipinski definition) is 10. The smallest absolute Gasteiger partial charge is 0.343 e. The van der Waals surface area contributed by atoms with E-state index in [0.717, 1.165) is 6.07 Å². The number of carboxylic acid groups (broad SMARTS) is 1. The summed E-state index contributed by atoms with van der Waals surface area (Å²) >= 11 is 0. The summed E-state index contributed by atoms with van der Waals surface area (Å²) in [6, 6.07) is 37.7. The topological polar surface area (TPSA) is 242 Å². The van der Waals surface area contributed by atoms with Crippen molar-refractivity contribution in [3.8, 4) is 23.0 Å². The number of carbonyl (C=O) groups is 4. The summed E-state index contributed by atoms with van der Waals surface area (Å²) in [6.07, 6.45) is 0. The zero-order valence-corrected chi connectivity index (χ0v) is 27.3. The first-order valence-electron chi connectivity index (χ1n) is 15.1. The lowest BCUT2D eigenvalue weighted by Crippen LogP contribution is -2.09. The Hall–Kier alpha value is -7.44. The molecule has 12 nitrogen and oxygen atoms in total. The molecule has 0 spiro atoms. The highest BCUT2D eigenvalue weighted by atomic mass is 16.5. The minimum Gasteiger partial charge on any atom is -0.508 e. The van der Waals surface area contributed by atoms with Crippen LogP contribution in [0.2, 0.25) is 0 Å². The number of esters is 1. The third-order valence-electron chi connectivity index (χ3n) is 7.03. The number of benzene rings is 6. The molecule has 6 aromatic rings. The minimum atomic E-state index is -0.931. The van der Waals surface area contributed by atoms with E-state index in [-0.39, 0.29) is 56.7 Å². The maximum atomic E-state index is 12.4. The quantitative estimate of drug-likeness (QED) is 0.0495. The van der Waals surface area contributed by atoms with E-state index in [2.05, 4.69) is 0 Å². The Labute approximate surface area is 297 Å². The van der Waals surface area contributed by atoms with Gasteiger partial charge < -0.3 is 42.1 Å². The maximum absolute atomic E-state index is 12.4. The molecule has 12 heteroatoms. The fourth-order valence-corrected chi connectivity index (χ4v) is 4.38. The normalized spacial score (nSPS) is 9.77. The maximum Gasteiger partial charge on any atom is 0.343 e. The van der Waals surface area contributed by atoms with Gasteiger partial charge in [0.15, 0.2) is 11.6 Å². The number of phenolic OH excluding ortho intramolecular Hbond substituents is 3. The Kier molecular flexibility index (Phi) is 13.8. The van der Waals surface area contributed by atoms with Crippen LogP contribution in [0.5, 0.6) is 23.0 Å². The van der Waals surface area contributed by atoms with Crippen LogP contribution in [-0.2, 0) is 0 Å². The van der Waals surface area contributed by atoms with E-state index in [0.29, 0.717) is 28.1 Å². The van der Waals surface area contributed by atoms with Crippen LogP contribution in [0.25, 0.3) is 0 Å². The van der Waals surface area contributed by atoms with E-state index in [1.807, 2.05) is 6.07 Å². The first-order chi connectivity index (χ1) is 24.4. The molecule has 0 saturated heterocycles. The lowest BCUT2D eigenvalue weighted by molar-refractivity contribution is 0.0694. The number of aromatic hydroxyl groups is 3. The Morgan fingerprint density at radius 2 is 0.904 bits per heavy atom. The van der Waals surface area contributed by atoms with Crippen LogP contribution in [0.15, 0.2) is 146 Å². The van der Waals surface area contributed by atoms with E-state index in [4.69, 9.17) is 26.4 Å². The average Bonchev–Trinajstić information content (AvgIpc) is 3.13. The molecule has 0 aliphatic rings. The van der Waals surface area contributed by atoms with Crippen LogP contribution in [0.3, 0.4) is 0 Å². The summed E-state index contributed by atoms with van der Waals surface area (Å²) in [4.78, 5) is 46.6. The van der Waals surface area contributed by atoms with Crippen molar-refractivity contribution in [2.45, 2.75) is 0 Å². The van der Waals surface area contributed by atoms with Gasteiger partial charge >= 0.3 is 11.9 Å². The van der Waals surface area contributed by atoms with Gasteiger partial charge in [0.2, 0.25) is 0 Å². The number of phenols is 3. The fourth-order valence-electron chi connectivity index (χ4n) is 4.38. The van der Waals surface area contributed by atoms with E-state index in [1.165, 1.54) is 42.5 Å². The molecule has 264 valence electrons. The zero-order chi connectivity index (χ0) is 36.9. The molecular formula is C40H34N2O10. The van der Waals surface area contributed by atoms with Crippen LogP contribution in [0.1, 0.15) is 52.6 Å². The van der Waals surface area contributed by atoms with Gasteiger partial charge in [-0.2, -0.15) is 0 Å². The van der Waals surface area contributed by atoms with E-state index < -0.39 is 11.9 Å². The second-order valence-corrected chi connectivity index (χ2v) is 10.7. The summed E-state index contributed by atoms with van der Waals surface area (Å²) < 4.78 is 5.21. The van der Waals surface area contributed by atoms with Gasteiger partial charge in [0, 0.05) is 34.6 Å². The van der Waals surface area contributed by atoms with Gasteiger partial charge in [-0.25, -0.2) is 9.59 Å². The Morgan fingerprint density at radius 3 is 1.33 bits per heavy atom. The van der Waals surface area contributed by atoms with Gasteiger partial charge in [0.1, 0.15) is 23.0 Å². The minimum absolute atomic E-state index is 0. The van der Waals surface area contributed by atoms with Crippen molar-refractivity contribution in [3.63, 3.8) is 0 Å². The SMILES string of the molecule is Nc1ccc(C(=O)O)cc1.Nc1ccc(C(=O)Oc2ccc(C(=O)c3ccccc3)c(O)c2)cc1.O.O=C(c1ccccc1)c1ccc(O)cc1O. The van der Waals surface area contributed by atoms with Crippen molar-refractivity contribution in [2.24, 2.45) is 0 Å². The van der Waals surface area contributed by atoms with Gasteiger partial charge in [-0.05, 0) is 72.8 Å². The molecule has 0 unspecified atom stereocenters. The lowest BCUT2D eigenvalue weighted by atomic mass is 10.0. The number of ketones is 2. The van der Waals surface area contributed by atoms with Gasteiger partial charge in [0.05, 0.1) is 22.3 Å². The molecule has 0 heterocycles. The summed E-state index contributed by atoms with van der Waals surface area (Å²) in [7, 11) is 0. The first-order valence-corrected chi connectivity index (χ1v) is 15.1. The molecule has 0 atom stereocenters. The van der Waals surface area contributed by atoms with Crippen LogP contribution in [0.4, 0.5) is 11.4 Å². The van der Waals surface area contributed by atoms with Crippen molar-refractivity contribution < 1.29 is 49.8 Å². The molecule has 0 saturated carbocycles. The van der Waals surface area contributed by atoms with Gasteiger partial charge in [-0.15, -0.1) is 0 Å². The zero-order valence-electron chi connectivity index (χ0n) is 27.3. The lowest BCUT2D eigenvalue weighted by Gasteiger charge is -2.08. The molecule has 10 N–H and O–H groups in total. The molecule has 0 radical (unpaired) electrons. The van der Waals surface area contributed by atoms with Gasteiger partial charge in [-0.3, -0.25) is 9.59 Å². The number of ether oxygens (including phenoxy) is 1. The number of aromatic carboxylic acids is 1. The van der Waals surface area contributed by atoms with Gasteiger partial charge in [-0.1, -0.05) is 60.7 Å². The largest absolute Gasteiger partial charge is 0.508 e. The van der Waals surface area contributed by atoms with E-state index in [9.17, 15) is 29.4 Å². The Balaban J connectivity index is 0.000000231. The van der Waals surface area contributed by atoms with Crippen molar-refractivity contribution in [1.82, 2.24) is 0 Å². The molecule has 6 aromatic carbocycles.